The molecule has 2 unspecified atom stereocenters. The second kappa shape index (κ2) is 3.32. The molecule has 84 valence electrons. The second-order valence-electron chi connectivity index (χ2n) is 4.44. The molecule has 0 N–H and O–H groups in total. The molecule has 0 aromatic heterocycles. The van der Waals surface area contributed by atoms with Crippen LogP contribution in [0.25, 0.3) is 0 Å². The Labute approximate surface area is 94.4 Å². The molecule has 1 saturated heterocycles. The molecule has 2 atom stereocenters. The van der Waals surface area contributed by atoms with E-state index >= 15 is 0 Å². The monoisotopic (exact) mass is 218 g/mol. The summed E-state index contributed by atoms with van der Waals surface area (Å²) in [6.45, 7) is 4.81. The molecule has 3 heteroatoms. The van der Waals surface area contributed by atoms with Gasteiger partial charge in [-0.1, -0.05) is 6.07 Å². The van der Waals surface area contributed by atoms with Crippen LogP contribution in [-0.2, 0) is 9.47 Å². The highest BCUT2D eigenvalue weighted by Gasteiger charge is 2.32. The standard InChI is InChI=1S/C13H14O3/c1-7-9(11-5-6-15-11)3-4-10-12(7)8(2)16-13(10)14/h3-4,8,11H,5-6H2,1-2H3. The Morgan fingerprint density at radius 3 is 2.75 bits per heavy atom. The highest BCUT2D eigenvalue weighted by molar-refractivity contribution is 5.94. The lowest BCUT2D eigenvalue weighted by Gasteiger charge is -2.29. The highest BCUT2D eigenvalue weighted by atomic mass is 16.5. The SMILES string of the molecule is Cc1c(C2CCO2)ccc2c1C(C)OC2=O. The first-order valence-electron chi connectivity index (χ1n) is 5.64. The van der Waals surface area contributed by atoms with Gasteiger partial charge in [-0.05, 0) is 31.0 Å². The zero-order chi connectivity index (χ0) is 11.3. The van der Waals surface area contributed by atoms with E-state index in [1.165, 1.54) is 5.56 Å². The van der Waals surface area contributed by atoms with Crippen LogP contribution in [0.2, 0.25) is 0 Å². The molecule has 2 aliphatic heterocycles. The zero-order valence-electron chi connectivity index (χ0n) is 9.45. The number of carbonyl (C=O) groups excluding carboxylic acids is 1. The third-order valence-electron chi connectivity index (χ3n) is 3.51. The zero-order valence-corrected chi connectivity index (χ0v) is 9.45. The number of esters is 1. The molecule has 0 radical (unpaired) electrons. The van der Waals surface area contributed by atoms with Crippen molar-refractivity contribution in [3.8, 4) is 0 Å². The predicted molar refractivity (Wildman–Crippen MR) is 58.3 cm³/mol. The quantitative estimate of drug-likeness (QED) is 0.680. The van der Waals surface area contributed by atoms with Crippen LogP contribution in [0.3, 0.4) is 0 Å². The van der Waals surface area contributed by atoms with Gasteiger partial charge in [-0.3, -0.25) is 0 Å². The molecule has 0 amide bonds. The maximum absolute atomic E-state index is 11.5. The summed E-state index contributed by atoms with van der Waals surface area (Å²) < 4.78 is 10.7. The summed E-state index contributed by atoms with van der Waals surface area (Å²) in [4.78, 5) is 11.5. The normalized spacial score (nSPS) is 27.2. The summed E-state index contributed by atoms with van der Waals surface area (Å²) in [6, 6.07) is 3.86. The first kappa shape index (κ1) is 9.85. The molecule has 16 heavy (non-hydrogen) atoms. The highest BCUT2D eigenvalue weighted by Crippen LogP contribution is 2.39. The summed E-state index contributed by atoms with van der Waals surface area (Å²) in [5, 5.41) is 0. The summed E-state index contributed by atoms with van der Waals surface area (Å²) in [7, 11) is 0. The number of rotatable bonds is 1. The Morgan fingerprint density at radius 2 is 2.12 bits per heavy atom. The summed E-state index contributed by atoms with van der Waals surface area (Å²) >= 11 is 0. The summed E-state index contributed by atoms with van der Waals surface area (Å²) in [5.74, 6) is -0.202. The molecule has 2 aliphatic rings. The van der Waals surface area contributed by atoms with Crippen LogP contribution in [0.1, 0.15) is 52.6 Å². The van der Waals surface area contributed by atoms with Crippen molar-refractivity contribution in [2.75, 3.05) is 6.61 Å². The van der Waals surface area contributed by atoms with E-state index in [9.17, 15) is 4.79 Å². The third kappa shape index (κ3) is 1.21. The van der Waals surface area contributed by atoms with E-state index in [0.717, 1.165) is 24.2 Å². The van der Waals surface area contributed by atoms with Crippen LogP contribution in [-0.4, -0.2) is 12.6 Å². The number of benzene rings is 1. The molecular weight excluding hydrogens is 204 g/mol. The minimum Gasteiger partial charge on any atom is -0.454 e. The van der Waals surface area contributed by atoms with E-state index in [0.29, 0.717) is 5.56 Å². The van der Waals surface area contributed by atoms with E-state index in [1.807, 2.05) is 26.0 Å². The molecule has 1 aromatic carbocycles. The smallest absolute Gasteiger partial charge is 0.339 e. The van der Waals surface area contributed by atoms with Gasteiger partial charge in [0.2, 0.25) is 0 Å². The molecule has 0 bridgehead atoms. The molecular formula is C13H14O3. The molecule has 1 fully saturated rings. The third-order valence-corrected chi connectivity index (χ3v) is 3.51. The Balaban J connectivity index is 2.12. The Hall–Kier alpha value is -1.35. The van der Waals surface area contributed by atoms with Crippen molar-refractivity contribution in [2.45, 2.75) is 32.5 Å². The van der Waals surface area contributed by atoms with Crippen molar-refractivity contribution in [3.05, 3.63) is 34.4 Å². The lowest BCUT2D eigenvalue weighted by atomic mass is 9.91. The van der Waals surface area contributed by atoms with Gasteiger partial charge in [-0.15, -0.1) is 0 Å². The lowest BCUT2D eigenvalue weighted by Crippen LogP contribution is -2.19. The van der Waals surface area contributed by atoms with Crippen LogP contribution in [0.15, 0.2) is 12.1 Å². The average Bonchev–Trinajstić information content (AvgIpc) is 2.44. The second-order valence-corrected chi connectivity index (χ2v) is 4.44. The molecule has 0 aliphatic carbocycles. The van der Waals surface area contributed by atoms with Gasteiger partial charge in [0.1, 0.15) is 6.10 Å². The fraction of sp³-hybridized carbons (Fsp3) is 0.462. The molecule has 3 rings (SSSR count). The largest absolute Gasteiger partial charge is 0.454 e. The van der Waals surface area contributed by atoms with Crippen molar-refractivity contribution >= 4 is 5.97 Å². The Kier molecular flexibility index (Phi) is 2.04. The fourth-order valence-electron chi connectivity index (χ4n) is 2.56. The van der Waals surface area contributed by atoms with E-state index < -0.39 is 0 Å². The Bertz CT molecular complexity index is 460. The van der Waals surface area contributed by atoms with Crippen LogP contribution in [0, 0.1) is 6.92 Å². The minimum absolute atomic E-state index is 0.123. The van der Waals surface area contributed by atoms with Gasteiger partial charge in [0.25, 0.3) is 0 Å². The Morgan fingerprint density at radius 1 is 1.38 bits per heavy atom. The van der Waals surface area contributed by atoms with E-state index in [-0.39, 0.29) is 18.2 Å². The van der Waals surface area contributed by atoms with E-state index in [1.54, 1.807) is 0 Å². The predicted octanol–water partition coefficient (Wildman–Crippen LogP) is 2.69. The summed E-state index contributed by atoms with van der Waals surface area (Å²) in [5.41, 5.74) is 4.11. The first-order chi connectivity index (χ1) is 7.68. The lowest BCUT2D eigenvalue weighted by molar-refractivity contribution is -0.0531. The molecule has 0 spiro atoms. The number of ether oxygens (including phenoxy) is 2. The number of hydrogen-bond acceptors (Lipinski definition) is 3. The number of fused-ring (bicyclic) bond motifs is 1. The molecule has 0 saturated carbocycles. The number of hydrogen-bond donors (Lipinski definition) is 0. The maximum atomic E-state index is 11.5. The maximum Gasteiger partial charge on any atom is 0.339 e. The number of carbonyl (C=O) groups is 1. The van der Waals surface area contributed by atoms with E-state index in [2.05, 4.69) is 0 Å². The van der Waals surface area contributed by atoms with Gasteiger partial charge >= 0.3 is 5.97 Å². The van der Waals surface area contributed by atoms with Crippen LogP contribution in [0.4, 0.5) is 0 Å². The molecule has 3 nitrogen and oxygen atoms in total. The van der Waals surface area contributed by atoms with Crippen molar-refractivity contribution in [2.24, 2.45) is 0 Å². The van der Waals surface area contributed by atoms with Gasteiger partial charge in [-0.2, -0.15) is 0 Å². The van der Waals surface area contributed by atoms with E-state index in [4.69, 9.17) is 9.47 Å². The van der Waals surface area contributed by atoms with Crippen molar-refractivity contribution in [1.29, 1.82) is 0 Å². The van der Waals surface area contributed by atoms with Crippen molar-refractivity contribution in [3.63, 3.8) is 0 Å². The van der Waals surface area contributed by atoms with Crippen molar-refractivity contribution in [1.82, 2.24) is 0 Å². The minimum atomic E-state index is -0.202. The van der Waals surface area contributed by atoms with Gasteiger partial charge in [0, 0.05) is 12.0 Å². The van der Waals surface area contributed by atoms with Gasteiger partial charge < -0.3 is 9.47 Å². The van der Waals surface area contributed by atoms with Crippen LogP contribution in [0.5, 0.6) is 0 Å². The molecule has 2 heterocycles. The first-order valence-corrected chi connectivity index (χ1v) is 5.64. The van der Waals surface area contributed by atoms with Gasteiger partial charge in [0.05, 0.1) is 18.3 Å². The summed E-state index contributed by atoms with van der Waals surface area (Å²) in [6.07, 6.45) is 1.17. The fourth-order valence-corrected chi connectivity index (χ4v) is 2.56. The average molecular weight is 218 g/mol. The van der Waals surface area contributed by atoms with Crippen molar-refractivity contribution < 1.29 is 14.3 Å². The topological polar surface area (TPSA) is 35.5 Å². The van der Waals surface area contributed by atoms with Gasteiger partial charge in [0.15, 0.2) is 0 Å². The van der Waals surface area contributed by atoms with Crippen LogP contribution >= 0.6 is 0 Å². The molecule has 1 aromatic rings. The van der Waals surface area contributed by atoms with Gasteiger partial charge in [-0.25, -0.2) is 4.79 Å². The van der Waals surface area contributed by atoms with Crippen LogP contribution < -0.4 is 0 Å². The number of cyclic esters (lactones) is 1.